The number of ether oxygens (including phenoxy) is 1. The first-order valence-electron chi connectivity index (χ1n) is 4.94. The molecule has 82 valence electrons. The zero-order valence-electron chi connectivity index (χ0n) is 9.06. The highest BCUT2D eigenvalue weighted by Gasteiger charge is 2.05. The second kappa shape index (κ2) is 6.14. The van der Waals surface area contributed by atoms with Gasteiger partial charge in [-0.3, -0.25) is 9.78 Å². The van der Waals surface area contributed by atoms with Gasteiger partial charge in [0, 0.05) is 25.0 Å². The SMILES string of the molecule is COC(=O)CCN[C@@H](C)c1cccnc1. The zero-order valence-corrected chi connectivity index (χ0v) is 9.06. The van der Waals surface area contributed by atoms with E-state index in [-0.39, 0.29) is 12.0 Å². The van der Waals surface area contributed by atoms with Gasteiger partial charge in [0.15, 0.2) is 0 Å². The van der Waals surface area contributed by atoms with E-state index in [2.05, 4.69) is 15.0 Å². The fourth-order valence-electron chi connectivity index (χ4n) is 1.24. The summed E-state index contributed by atoms with van der Waals surface area (Å²) in [7, 11) is 1.40. The lowest BCUT2D eigenvalue weighted by atomic mass is 10.1. The minimum absolute atomic E-state index is 0.194. The Morgan fingerprint density at radius 2 is 2.47 bits per heavy atom. The molecule has 1 heterocycles. The molecule has 4 nitrogen and oxygen atoms in total. The van der Waals surface area contributed by atoms with Gasteiger partial charge >= 0.3 is 5.97 Å². The van der Waals surface area contributed by atoms with Crippen molar-refractivity contribution >= 4 is 5.97 Å². The van der Waals surface area contributed by atoms with E-state index in [1.54, 1.807) is 6.20 Å². The highest BCUT2D eigenvalue weighted by molar-refractivity contribution is 5.69. The van der Waals surface area contributed by atoms with Crippen LogP contribution < -0.4 is 5.32 Å². The van der Waals surface area contributed by atoms with Crippen LogP contribution in [0.15, 0.2) is 24.5 Å². The molecule has 0 aliphatic carbocycles. The van der Waals surface area contributed by atoms with Crippen LogP contribution in [0.3, 0.4) is 0 Å². The maximum atomic E-state index is 10.9. The van der Waals surface area contributed by atoms with E-state index in [9.17, 15) is 4.79 Å². The van der Waals surface area contributed by atoms with Crippen LogP contribution in [0.2, 0.25) is 0 Å². The van der Waals surface area contributed by atoms with Crippen molar-refractivity contribution in [1.82, 2.24) is 10.3 Å². The average Bonchev–Trinajstić information content (AvgIpc) is 2.29. The van der Waals surface area contributed by atoms with Crippen molar-refractivity contribution in [3.8, 4) is 0 Å². The molecule has 0 saturated carbocycles. The third-order valence-corrected chi connectivity index (χ3v) is 2.19. The number of pyridine rings is 1. The number of hydrogen-bond donors (Lipinski definition) is 1. The van der Waals surface area contributed by atoms with E-state index in [1.807, 2.05) is 25.3 Å². The summed E-state index contributed by atoms with van der Waals surface area (Å²) in [5.41, 5.74) is 1.11. The third kappa shape index (κ3) is 4.08. The number of methoxy groups -OCH3 is 1. The van der Waals surface area contributed by atoms with E-state index in [1.165, 1.54) is 7.11 Å². The van der Waals surface area contributed by atoms with Crippen LogP contribution in [0.4, 0.5) is 0 Å². The number of nitrogens with one attached hydrogen (secondary N) is 1. The standard InChI is InChI=1S/C11H16N2O2/c1-9(10-4-3-6-12-8-10)13-7-5-11(14)15-2/h3-4,6,8-9,13H,5,7H2,1-2H3/t9-/m0/s1. The molecule has 0 amide bonds. The molecular formula is C11H16N2O2. The van der Waals surface area contributed by atoms with Crippen LogP contribution in [0.25, 0.3) is 0 Å². The van der Waals surface area contributed by atoms with Gasteiger partial charge in [-0.2, -0.15) is 0 Å². The second-order valence-corrected chi connectivity index (χ2v) is 3.29. The molecule has 1 aromatic rings. The molecule has 0 spiro atoms. The monoisotopic (exact) mass is 208 g/mol. The smallest absolute Gasteiger partial charge is 0.306 e. The Kier molecular flexibility index (Phi) is 4.77. The lowest BCUT2D eigenvalue weighted by Crippen LogP contribution is -2.22. The van der Waals surface area contributed by atoms with Gasteiger partial charge < -0.3 is 10.1 Å². The highest BCUT2D eigenvalue weighted by atomic mass is 16.5. The molecule has 0 saturated heterocycles. The summed E-state index contributed by atoms with van der Waals surface area (Å²) in [5, 5.41) is 3.22. The number of carbonyl (C=O) groups is 1. The Hall–Kier alpha value is -1.42. The second-order valence-electron chi connectivity index (χ2n) is 3.29. The van der Waals surface area contributed by atoms with Crippen LogP contribution in [-0.4, -0.2) is 24.6 Å². The molecule has 4 heteroatoms. The molecular weight excluding hydrogens is 192 g/mol. The van der Waals surface area contributed by atoms with Gasteiger partial charge in [-0.15, -0.1) is 0 Å². The van der Waals surface area contributed by atoms with Crippen molar-refractivity contribution in [3.63, 3.8) is 0 Å². The summed E-state index contributed by atoms with van der Waals surface area (Å²) >= 11 is 0. The van der Waals surface area contributed by atoms with E-state index in [4.69, 9.17) is 0 Å². The Morgan fingerprint density at radius 1 is 1.67 bits per heavy atom. The summed E-state index contributed by atoms with van der Waals surface area (Å²) in [6.07, 6.45) is 3.95. The summed E-state index contributed by atoms with van der Waals surface area (Å²) < 4.78 is 4.55. The number of esters is 1. The Balaban J connectivity index is 2.31. The van der Waals surface area contributed by atoms with Crippen molar-refractivity contribution in [2.24, 2.45) is 0 Å². The van der Waals surface area contributed by atoms with Crippen LogP contribution in [0.1, 0.15) is 24.9 Å². The highest BCUT2D eigenvalue weighted by Crippen LogP contribution is 2.09. The summed E-state index contributed by atoms with van der Waals surface area (Å²) in [6, 6.07) is 4.10. The Bertz CT molecular complexity index is 301. The Labute approximate surface area is 89.7 Å². The number of aromatic nitrogens is 1. The zero-order chi connectivity index (χ0) is 11.1. The van der Waals surface area contributed by atoms with E-state index >= 15 is 0 Å². The topological polar surface area (TPSA) is 51.2 Å². The number of carbonyl (C=O) groups excluding carboxylic acids is 1. The van der Waals surface area contributed by atoms with Crippen molar-refractivity contribution in [2.45, 2.75) is 19.4 Å². The molecule has 0 aliphatic rings. The predicted octanol–water partition coefficient (Wildman–Crippen LogP) is 1.30. The van der Waals surface area contributed by atoms with E-state index in [0.717, 1.165) is 5.56 Å². The molecule has 15 heavy (non-hydrogen) atoms. The van der Waals surface area contributed by atoms with Gasteiger partial charge in [0.1, 0.15) is 0 Å². The molecule has 0 unspecified atom stereocenters. The number of hydrogen-bond acceptors (Lipinski definition) is 4. The minimum Gasteiger partial charge on any atom is -0.469 e. The molecule has 1 atom stereocenters. The quantitative estimate of drug-likeness (QED) is 0.741. The van der Waals surface area contributed by atoms with Gasteiger partial charge in [0.2, 0.25) is 0 Å². The minimum atomic E-state index is -0.194. The molecule has 1 rings (SSSR count). The van der Waals surface area contributed by atoms with E-state index < -0.39 is 0 Å². The molecule has 0 fully saturated rings. The van der Waals surface area contributed by atoms with Gasteiger partial charge in [-0.05, 0) is 18.6 Å². The average molecular weight is 208 g/mol. The van der Waals surface area contributed by atoms with Crippen molar-refractivity contribution < 1.29 is 9.53 Å². The van der Waals surface area contributed by atoms with Gasteiger partial charge in [-0.1, -0.05) is 6.07 Å². The molecule has 0 aliphatic heterocycles. The van der Waals surface area contributed by atoms with Gasteiger partial charge in [0.25, 0.3) is 0 Å². The Morgan fingerprint density at radius 3 is 3.07 bits per heavy atom. The molecule has 0 aromatic carbocycles. The van der Waals surface area contributed by atoms with Crippen molar-refractivity contribution in [1.29, 1.82) is 0 Å². The maximum Gasteiger partial charge on any atom is 0.306 e. The van der Waals surface area contributed by atoms with Gasteiger partial charge in [-0.25, -0.2) is 0 Å². The maximum absolute atomic E-state index is 10.9. The molecule has 0 radical (unpaired) electrons. The van der Waals surface area contributed by atoms with Crippen molar-refractivity contribution in [2.75, 3.05) is 13.7 Å². The van der Waals surface area contributed by atoms with Crippen LogP contribution >= 0.6 is 0 Å². The molecule has 1 aromatic heterocycles. The fourth-order valence-corrected chi connectivity index (χ4v) is 1.24. The van der Waals surface area contributed by atoms with Crippen LogP contribution in [0.5, 0.6) is 0 Å². The van der Waals surface area contributed by atoms with Crippen molar-refractivity contribution in [3.05, 3.63) is 30.1 Å². The van der Waals surface area contributed by atoms with Gasteiger partial charge in [0.05, 0.1) is 13.5 Å². The summed E-state index contributed by atoms with van der Waals surface area (Å²) in [5.74, 6) is -0.194. The molecule has 0 bridgehead atoms. The molecule has 1 N–H and O–H groups in total. The lowest BCUT2D eigenvalue weighted by Gasteiger charge is -2.12. The normalized spacial score (nSPS) is 12.1. The third-order valence-electron chi connectivity index (χ3n) is 2.19. The first-order valence-corrected chi connectivity index (χ1v) is 4.94. The summed E-state index contributed by atoms with van der Waals surface area (Å²) in [6.45, 7) is 2.65. The fraction of sp³-hybridized carbons (Fsp3) is 0.455. The lowest BCUT2D eigenvalue weighted by molar-refractivity contribution is -0.140. The summed E-state index contributed by atoms with van der Waals surface area (Å²) in [4.78, 5) is 14.9. The predicted molar refractivity (Wildman–Crippen MR) is 57.3 cm³/mol. The van der Waals surface area contributed by atoms with Crippen LogP contribution in [-0.2, 0) is 9.53 Å². The number of nitrogens with zero attached hydrogens (tertiary/aromatic N) is 1. The van der Waals surface area contributed by atoms with E-state index in [0.29, 0.717) is 13.0 Å². The largest absolute Gasteiger partial charge is 0.469 e. The first kappa shape index (κ1) is 11.7. The first-order chi connectivity index (χ1) is 7.24. The number of rotatable bonds is 5. The van der Waals surface area contributed by atoms with Crippen LogP contribution in [0, 0.1) is 0 Å².